The number of halogens is 3. The summed E-state index contributed by atoms with van der Waals surface area (Å²) in [6.45, 7) is 5.59. The molecule has 0 bridgehead atoms. The SMILES string of the molecule is CC(C)c1ccc(O[C@@H](C)C(=O)Nc2ccc(F)c(F)c2F)cc1. The fraction of sp³-hybridized carbons (Fsp3) is 0.278. The van der Waals surface area contributed by atoms with Crippen molar-refractivity contribution in [3.63, 3.8) is 0 Å². The van der Waals surface area contributed by atoms with Gasteiger partial charge in [-0.05, 0) is 42.7 Å². The van der Waals surface area contributed by atoms with Crippen LogP contribution in [0.3, 0.4) is 0 Å². The Morgan fingerprint density at radius 3 is 2.17 bits per heavy atom. The first kappa shape index (κ1) is 17.8. The van der Waals surface area contributed by atoms with Gasteiger partial charge in [-0.1, -0.05) is 26.0 Å². The third-order valence-electron chi connectivity index (χ3n) is 3.52. The normalized spacial score (nSPS) is 12.1. The van der Waals surface area contributed by atoms with Gasteiger partial charge in [0, 0.05) is 0 Å². The number of amides is 1. The number of nitrogens with one attached hydrogen (secondary N) is 1. The summed E-state index contributed by atoms with van der Waals surface area (Å²) in [6, 6.07) is 8.94. The highest BCUT2D eigenvalue weighted by atomic mass is 19.2. The molecular weight excluding hydrogens is 319 g/mol. The minimum atomic E-state index is -1.63. The maximum Gasteiger partial charge on any atom is 0.265 e. The second-order valence-electron chi connectivity index (χ2n) is 5.70. The van der Waals surface area contributed by atoms with Gasteiger partial charge in [0.25, 0.3) is 5.91 Å². The lowest BCUT2D eigenvalue weighted by atomic mass is 10.0. The Bertz CT molecular complexity index is 730. The average molecular weight is 337 g/mol. The van der Waals surface area contributed by atoms with Crippen molar-refractivity contribution in [2.24, 2.45) is 0 Å². The van der Waals surface area contributed by atoms with Crippen molar-refractivity contribution in [2.45, 2.75) is 32.8 Å². The summed E-state index contributed by atoms with van der Waals surface area (Å²) in [7, 11) is 0. The van der Waals surface area contributed by atoms with Gasteiger partial charge >= 0.3 is 0 Å². The fourth-order valence-electron chi connectivity index (χ4n) is 2.05. The molecule has 0 saturated heterocycles. The van der Waals surface area contributed by atoms with E-state index in [0.717, 1.165) is 17.7 Å². The van der Waals surface area contributed by atoms with Crippen LogP contribution in [0.4, 0.5) is 18.9 Å². The molecule has 0 unspecified atom stereocenters. The van der Waals surface area contributed by atoms with Crippen LogP contribution in [0.2, 0.25) is 0 Å². The lowest BCUT2D eigenvalue weighted by Crippen LogP contribution is -2.30. The number of anilines is 1. The van der Waals surface area contributed by atoms with Crippen LogP contribution >= 0.6 is 0 Å². The van der Waals surface area contributed by atoms with Crippen molar-refractivity contribution in [1.29, 1.82) is 0 Å². The van der Waals surface area contributed by atoms with Crippen LogP contribution < -0.4 is 10.1 Å². The van der Waals surface area contributed by atoms with Gasteiger partial charge < -0.3 is 10.1 Å². The van der Waals surface area contributed by atoms with E-state index >= 15 is 0 Å². The van der Waals surface area contributed by atoms with E-state index in [9.17, 15) is 18.0 Å². The quantitative estimate of drug-likeness (QED) is 0.808. The summed E-state index contributed by atoms with van der Waals surface area (Å²) in [5, 5.41) is 2.18. The molecule has 0 aromatic heterocycles. The third-order valence-corrected chi connectivity index (χ3v) is 3.52. The summed E-state index contributed by atoms with van der Waals surface area (Å²) in [5.74, 6) is -4.22. The zero-order valence-corrected chi connectivity index (χ0v) is 13.6. The highest BCUT2D eigenvalue weighted by Crippen LogP contribution is 2.21. The Hall–Kier alpha value is -2.50. The van der Waals surface area contributed by atoms with E-state index < -0.39 is 35.2 Å². The zero-order valence-electron chi connectivity index (χ0n) is 13.6. The van der Waals surface area contributed by atoms with E-state index in [-0.39, 0.29) is 0 Å². The fourth-order valence-corrected chi connectivity index (χ4v) is 2.05. The molecule has 2 aromatic carbocycles. The Morgan fingerprint density at radius 2 is 1.58 bits per heavy atom. The summed E-state index contributed by atoms with van der Waals surface area (Å²) < 4.78 is 45.1. The number of hydrogen-bond acceptors (Lipinski definition) is 2. The summed E-state index contributed by atoms with van der Waals surface area (Å²) in [4.78, 5) is 12.0. The van der Waals surface area contributed by atoms with Crippen molar-refractivity contribution in [3.05, 3.63) is 59.4 Å². The van der Waals surface area contributed by atoms with Crippen molar-refractivity contribution in [2.75, 3.05) is 5.32 Å². The average Bonchev–Trinajstić information content (AvgIpc) is 2.55. The van der Waals surface area contributed by atoms with Gasteiger partial charge in [-0.25, -0.2) is 13.2 Å². The molecule has 0 radical (unpaired) electrons. The zero-order chi connectivity index (χ0) is 17.9. The molecule has 0 aliphatic rings. The summed E-state index contributed by atoms with van der Waals surface area (Å²) in [6.07, 6.45) is -0.942. The lowest BCUT2D eigenvalue weighted by molar-refractivity contribution is -0.122. The van der Waals surface area contributed by atoms with Gasteiger partial charge in [-0.2, -0.15) is 0 Å². The number of rotatable bonds is 5. The Morgan fingerprint density at radius 1 is 0.958 bits per heavy atom. The minimum absolute atomic E-state index is 0.371. The largest absolute Gasteiger partial charge is 0.481 e. The van der Waals surface area contributed by atoms with Crippen molar-refractivity contribution >= 4 is 11.6 Å². The Balaban J connectivity index is 2.03. The number of hydrogen-bond donors (Lipinski definition) is 1. The van der Waals surface area contributed by atoms with Crippen LogP contribution in [0, 0.1) is 17.5 Å². The van der Waals surface area contributed by atoms with Crippen molar-refractivity contribution in [1.82, 2.24) is 0 Å². The van der Waals surface area contributed by atoms with E-state index in [1.807, 2.05) is 12.1 Å². The second kappa shape index (κ2) is 7.38. The summed E-state index contributed by atoms with van der Waals surface area (Å²) >= 11 is 0. The van der Waals surface area contributed by atoms with Crippen LogP contribution in [0.5, 0.6) is 5.75 Å². The molecule has 1 amide bonds. The molecule has 128 valence electrons. The Kier molecular flexibility index (Phi) is 5.49. The standard InChI is InChI=1S/C18H18F3NO2/c1-10(2)12-4-6-13(7-5-12)24-11(3)18(23)22-15-9-8-14(19)16(20)17(15)21/h4-11H,1-3H3,(H,22,23)/t11-/m0/s1. The van der Waals surface area contributed by atoms with Crippen LogP contribution in [0.15, 0.2) is 36.4 Å². The predicted octanol–water partition coefficient (Wildman–Crippen LogP) is 4.63. The molecule has 0 aliphatic heterocycles. The molecular formula is C18H18F3NO2. The van der Waals surface area contributed by atoms with Crippen molar-refractivity contribution in [3.8, 4) is 5.75 Å². The number of benzene rings is 2. The van der Waals surface area contributed by atoms with E-state index in [1.165, 1.54) is 6.92 Å². The van der Waals surface area contributed by atoms with Gasteiger partial charge in [0.2, 0.25) is 0 Å². The molecule has 6 heteroatoms. The molecule has 1 N–H and O–H groups in total. The number of carbonyl (C=O) groups is 1. The molecule has 3 nitrogen and oxygen atoms in total. The number of ether oxygens (including phenoxy) is 1. The first-order chi connectivity index (χ1) is 11.3. The van der Waals surface area contributed by atoms with Crippen LogP contribution in [-0.2, 0) is 4.79 Å². The molecule has 0 aliphatic carbocycles. The molecule has 0 saturated carbocycles. The molecule has 2 aromatic rings. The van der Waals surface area contributed by atoms with Gasteiger partial charge in [0.05, 0.1) is 5.69 Å². The monoisotopic (exact) mass is 337 g/mol. The maximum absolute atomic E-state index is 13.6. The van der Waals surface area contributed by atoms with E-state index in [0.29, 0.717) is 11.7 Å². The third kappa shape index (κ3) is 4.07. The smallest absolute Gasteiger partial charge is 0.265 e. The van der Waals surface area contributed by atoms with Crippen LogP contribution in [0.25, 0.3) is 0 Å². The molecule has 0 fully saturated rings. The predicted molar refractivity (Wildman–Crippen MR) is 85.6 cm³/mol. The van der Waals surface area contributed by atoms with Gasteiger partial charge in [-0.15, -0.1) is 0 Å². The molecule has 0 heterocycles. The molecule has 24 heavy (non-hydrogen) atoms. The van der Waals surface area contributed by atoms with E-state index in [1.54, 1.807) is 12.1 Å². The Labute approximate surface area is 138 Å². The lowest BCUT2D eigenvalue weighted by Gasteiger charge is -2.16. The minimum Gasteiger partial charge on any atom is -0.481 e. The highest BCUT2D eigenvalue weighted by molar-refractivity contribution is 5.94. The molecule has 1 atom stereocenters. The first-order valence-electron chi connectivity index (χ1n) is 7.50. The van der Waals surface area contributed by atoms with Crippen LogP contribution in [-0.4, -0.2) is 12.0 Å². The summed E-state index contributed by atoms with van der Waals surface area (Å²) in [5.41, 5.74) is 0.688. The topological polar surface area (TPSA) is 38.3 Å². The molecule has 0 spiro atoms. The van der Waals surface area contributed by atoms with Crippen LogP contribution in [0.1, 0.15) is 32.3 Å². The number of carbonyl (C=O) groups excluding carboxylic acids is 1. The van der Waals surface area contributed by atoms with Gasteiger partial charge in [0.15, 0.2) is 23.6 Å². The van der Waals surface area contributed by atoms with Crippen molar-refractivity contribution < 1.29 is 22.7 Å². The molecule has 2 rings (SSSR count). The van der Waals surface area contributed by atoms with E-state index in [2.05, 4.69) is 19.2 Å². The maximum atomic E-state index is 13.6. The van der Waals surface area contributed by atoms with Gasteiger partial charge in [-0.3, -0.25) is 4.79 Å². The van der Waals surface area contributed by atoms with E-state index in [4.69, 9.17) is 4.74 Å². The highest BCUT2D eigenvalue weighted by Gasteiger charge is 2.19. The first-order valence-corrected chi connectivity index (χ1v) is 7.50. The second-order valence-corrected chi connectivity index (χ2v) is 5.70. The van der Waals surface area contributed by atoms with Gasteiger partial charge in [0.1, 0.15) is 5.75 Å².